The van der Waals surface area contributed by atoms with Crippen LogP contribution in [0.4, 0.5) is 5.69 Å². The molecule has 6 nitrogen and oxygen atoms in total. The maximum atomic E-state index is 9.40. The predicted octanol–water partition coefficient (Wildman–Crippen LogP) is 6.64. The number of benzene rings is 2. The Balaban J connectivity index is 1.49. The number of methoxy groups -OCH3 is 1. The maximum Gasteiger partial charge on any atom is 0.139 e. The van der Waals surface area contributed by atoms with Gasteiger partial charge < -0.3 is 19.6 Å². The van der Waals surface area contributed by atoms with Crippen LogP contribution in [0.15, 0.2) is 35.5 Å². The van der Waals surface area contributed by atoms with Gasteiger partial charge in [0.25, 0.3) is 0 Å². The second-order valence-corrected chi connectivity index (χ2v) is 11.5. The standard InChI is InChI=1S/C29H40ClN3O3/c1-19-20(2)26(36-18-28(31-34)29(3,4)5)13-11-23(19)25-9-7-8-22-17-32(14-15-33(22)25)21-10-12-24(30)27(16-21)35-6/h10-13,16,22,25,34H,7-9,14-15,17-18H2,1-6H3/b31-28+/t22-,25+/m0/s1. The van der Waals surface area contributed by atoms with Crippen molar-refractivity contribution in [1.82, 2.24) is 4.90 Å². The van der Waals surface area contributed by atoms with E-state index in [0.29, 0.717) is 22.8 Å². The summed E-state index contributed by atoms with van der Waals surface area (Å²) in [5.74, 6) is 1.59. The fourth-order valence-corrected chi connectivity index (χ4v) is 5.73. The molecule has 0 bridgehead atoms. The minimum Gasteiger partial charge on any atom is -0.495 e. The minimum atomic E-state index is -0.242. The van der Waals surface area contributed by atoms with Crippen molar-refractivity contribution in [3.8, 4) is 11.5 Å². The van der Waals surface area contributed by atoms with Gasteiger partial charge in [0.05, 0.1) is 17.8 Å². The number of nitrogens with zero attached hydrogens (tertiary/aromatic N) is 3. The molecule has 1 N–H and O–H groups in total. The van der Waals surface area contributed by atoms with E-state index >= 15 is 0 Å². The molecule has 2 heterocycles. The first-order valence-corrected chi connectivity index (χ1v) is 13.3. The fourth-order valence-electron chi connectivity index (χ4n) is 5.54. The van der Waals surface area contributed by atoms with Crippen LogP contribution in [-0.2, 0) is 0 Å². The number of piperazine rings is 1. The molecule has 2 fully saturated rings. The lowest BCUT2D eigenvalue weighted by atomic mass is 9.86. The lowest BCUT2D eigenvalue weighted by Crippen LogP contribution is -2.56. The Morgan fingerprint density at radius 1 is 1.08 bits per heavy atom. The number of piperidine rings is 1. The van der Waals surface area contributed by atoms with E-state index < -0.39 is 0 Å². The summed E-state index contributed by atoms with van der Waals surface area (Å²) in [5.41, 5.74) is 5.42. The molecule has 0 aromatic heterocycles. The van der Waals surface area contributed by atoms with Crippen molar-refractivity contribution in [2.45, 2.75) is 66.0 Å². The summed E-state index contributed by atoms with van der Waals surface area (Å²) in [6.45, 7) is 13.7. The molecule has 2 atom stereocenters. The summed E-state index contributed by atoms with van der Waals surface area (Å²) in [4.78, 5) is 5.18. The highest BCUT2D eigenvalue weighted by Gasteiger charge is 2.36. The Labute approximate surface area is 220 Å². The highest BCUT2D eigenvalue weighted by atomic mass is 35.5. The van der Waals surface area contributed by atoms with Crippen molar-refractivity contribution in [1.29, 1.82) is 0 Å². The van der Waals surface area contributed by atoms with E-state index in [1.54, 1.807) is 7.11 Å². The van der Waals surface area contributed by atoms with Gasteiger partial charge in [-0.2, -0.15) is 0 Å². The van der Waals surface area contributed by atoms with Crippen LogP contribution in [0.1, 0.15) is 62.8 Å². The zero-order valence-electron chi connectivity index (χ0n) is 22.5. The third kappa shape index (κ3) is 5.45. The van der Waals surface area contributed by atoms with E-state index in [0.717, 1.165) is 36.7 Å². The number of hydrogen-bond donors (Lipinski definition) is 1. The van der Waals surface area contributed by atoms with Crippen molar-refractivity contribution in [2.24, 2.45) is 10.6 Å². The number of oxime groups is 1. The van der Waals surface area contributed by atoms with Crippen LogP contribution >= 0.6 is 11.6 Å². The van der Waals surface area contributed by atoms with Crippen LogP contribution in [0.3, 0.4) is 0 Å². The normalized spacial score (nSPS) is 21.3. The van der Waals surface area contributed by atoms with Gasteiger partial charge in [-0.3, -0.25) is 4.90 Å². The molecule has 2 aliphatic rings. The number of anilines is 1. The number of fused-ring (bicyclic) bond motifs is 1. The fraction of sp³-hybridized carbons (Fsp3) is 0.552. The molecular formula is C29H40ClN3O3. The van der Waals surface area contributed by atoms with Gasteiger partial charge in [-0.1, -0.05) is 43.6 Å². The van der Waals surface area contributed by atoms with Crippen molar-refractivity contribution >= 4 is 23.0 Å². The third-order valence-electron chi connectivity index (χ3n) is 7.93. The monoisotopic (exact) mass is 513 g/mol. The van der Waals surface area contributed by atoms with Crippen LogP contribution in [0.2, 0.25) is 5.02 Å². The number of halogens is 1. The molecule has 2 aromatic rings. The van der Waals surface area contributed by atoms with Crippen LogP contribution in [-0.4, -0.2) is 55.2 Å². The average molecular weight is 514 g/mol. The topological polar surface area (TPSA) is 57.5 Å². The van der Waals surface area contributed by atoms with Gasteiger partial charge in [-0.15, -0.1) is 0 Å². The van der Waals surface area contributed by atoms with Crippen LogP contribution < -0.4 is 14.4 Å². The molecule has 2 aromatic carbocycles. The second-order valence-electron chi connectivity index (χ2n) is 11.1. The highest BCUT2D eigenvalue weighted by Crippen LogP contribution is 2.40. The van der Waals surface area contributed by atoms with Gasteiger partial charge in [0.2, 0.25) is 0 Å². The summed E-state index contributed by atoms with van der Waals surface area (Å²) >= 11 is 6.26. The lowest BCUT2D eigenvalue weighted by molar-refractivity contribution is 0.0712. The summed E-state index contributed by atoms with van der Waals surface area (Å²) in [7, 11) is 1.67. The zero-order chi connectivity index (χ0) is 26.0. The third-order valence-corrected chi connectivity index (χ3v) is 8.24. The Bertz CT molecular complexity index is 1110. The molecule has 0 unspecified atom stereocenters. The molecule has 0 aliphatic carbocycles. The van der Waals surface area contributed by atoms with Crippen molar-refractivity contribution in [3.63, 3.8) is 0 Å². The van der Waals surface area contributed by atoms with E-state index in [1.165, 1.54) is 36.1 Å². The zero-order valence-corrected chi connectivity index (χ0v) is 23.2. The van der Waals surface area contributed by atoms with E-state index in [-0.39, 0.29) is 12.0 Å². The molecule has 0 saturated carbocycles. The number of rotatable bonds is 6. The largest absolute Gasteiger partial charge is 0.495 e. The van der Waals surface area contributed by atoms with Crippen molar-refractivity contribution in [2.75, 3.05) is 38.3 Å². The lowest BCUT2D eigenvalue weighted by Gasteiger charge is -2.49. The predicted molar refractivity (Wildman–Crippen MR) is 147 cm³/mol. The van der Waals surface area contributed by atoms with Crippen LogP contribution in [0.5, 0.6) is 11.5 Å². The summed E-state index contributed by atoms with van der Waals surface area (Å²) < 4.78 is 11.6. The second kappa shape index (κ2) is 10.9. The first-order valence-electron chi connectivity index (χ1n) is 12.9. The maximum absolute atomic E-state index is 9.40. The van der Waals surface area contributed by atoms with Gasteiger partial charge in [0.1, 0.15) is 18.1 Å². The molecule has 2 aliphatic heterocycles. The van der Waals surface area contributed by atoms with Gasteiger partial charge in [0.15, 0.2) is 0 Å². The Morgan fingerprint density at radius 3 is 2.56 bits per heavy atom. The summed E-state index contributed by atoms with van der Waals surface area (Å²) in [6.07, 6.45) is 3.62. The SMILES string of the molecule is COc1cc(N2CCN3[C@@H](CCC[C@@H]3c3ccc(OC/C(=N\O)C(C)(C)C)c(C)c3C)C2)ccc1Cl. The van der Waals surface area contributed by atoms with E-state index in [2.05, 4.69) is 53.1 Å². The molecule has 0 radical (unpaired) electrons. The number of ether oxygens (including phenoxy) is 2. The van der Waals surface area contributed by atoms with Gasteiger partial charge in [-0.05, 0) is 68.0 Å². The Kier molecular flexibility index (Phi) is 8.06. The van der Waals surface area contributed by atoms with Gasteiger partial charge >= 0.3 is 0 Å². The van der Waals surface area contributed by atoms with E-state index in [9.17, 15) is 5.21 Å². The molecule has 0 spiro atoms. The van der Waals surface area contributed by atoms with Gasteiger partial charge in [0, 0.05) is 48.9 Å². The van der Waals surface area contributed by atoms with Crippen molar-refractivity contribution in [3.05, 3.63) is 52.0 Å². The molecule has 4 rings (SSSR count). The quantitative estimate of drug-likeness (QED) is 0.266. The average Bonchev–Trinajstić information content (AvgIpc) is 2.86. The first kappa shape index (κ1) is 26.6. The van der Waals surface area contributed by atoms with Gasteiger partial charge in [-0.25, -0.2) is 0 Å². The molecule has 196 valence electrons. The highest BCUT2D eigenvalue weighted by molar-refractivity contribution is 6.32. The molecule has 0 amide bonds. The molecule has 2 saturated heterocycles. The van der Waals surface area contributed by atoms with Crippen LogP contribution in [0.25, 0.3) is 0 Å². The van der Waals surface area contributed by atoms with Crippen LogP contribution in [0, 0.1) is 19.3 Å². The minimum absolute atomic E-state index is 0.242. The first-order chi connectivity index (χ1) is 17.1. The summed E-state index contributed by atoms with van der Waals surface area (Å²) in [5, 5.41) is 13.5. The molecule has 7 heteroatoms. The molecular weight excluding hydrogens is 474 g/mol. The number of hydrogen-bond acceptors (Lipinski definition) is 6. The smallest absolute Gasteiger partial charge is 0.139 e. The molecule has 36 heavy (non-hydrogen) atoms. The van der Waals surface area contributed by atoms with Crippen molar-refractivity contribution < 1.29 is 14.7 Å². The van der Waals surface area contributed by atoms with E-state index in [4.69, 9.17) is 21.1 Å². The summed E-state index contributed by atoms with van der Waals surface area (Å²) in [6, 6.07) is 11.4. The Morgan fingerprint density at radius 2 is 1.86 bits per heavy atom. The van der Waals surface area contributed by atoms with E-state index in [1.807, 2.05) is 26.8 Å². The Hall–Kier alpha value is -2.44.